The molecule has 2 atom stereocenters. The van der Waals surface area contributed by atoms with Gasteiger partial charge in [0.25, 0.3) is 0 Å². The summed E-state index contributed by atoms with van der Waals surface area (Å²) in [6.45, 7) is 3.09. The number of nitrogens with zero attached hydrogens (tertiary/aromatic N) is 1. The van der Waals surface area contributed by atoms with Gasteiger partial charge in [0.15, 0.2) is 5.41 Å². The molecule has 0 amide bonds. The number of nitro groups is 1. The van der Waals surface area contributed by atoms with Crippen LogP contribution in [0.3, 0.4) is 0 Å². The first-order valence-electron chi connectivity index (χ1n) is 6.56. The van der Waals surface area contributed by atoms with E-state index in [1.54, 1.807) is 13.8 Å². The lowest BCUT2D eigenvalue weighted by atomic mass is 9.82. The molecule has 0 aromatic carbocycles. The Morgan fingerprint density at radius 3 is 2.10 bits per heavy atom. The van der Waals surface area contributed by atoms with Crippen LogP contribution in [-0.2, 0) is 19.1 Å². The van der Waals surface area contributed by atoms with Crippen molar-refractivity contribution in [3.05, 3.63) is 10.1 Å². The molecule has 0 heterocycles. The van der Waals surface area contributed by atoms with Gasteiger partial charge in [0, 0.05) is 15.7 Å². The lowest BCUT2D eigenvalue weighted by Gasteiger charge is -2.29. The molecule has 0 aromatic rings. The highest BCUT2D eigenvalue weighted by Gasteiger charge is 2.60. The zero-order chi connectivity index (χ0) is 16.4. The van der Waals surface area contributed by atoms with E-state index in [4.69, 9.17) is 21.1 Å². The number of rotatable bonds is 5. The third-order valence-corrected chi connectivity index (χ3v) is 4.45. The van der Waals surface area contributed by atoms with Crippen LogP contribution < -0.4 is 0 Å². The number of halogens is 1. The first-order chi connectivity index (χ1) is 9.58. The van der Waals surface area contributed by atoms with Crippen molar-refractivity contribution in [2.75, 3.05) is 20.8 Å². The van der Waals surface area contributed by atoms with Crippen LogP contribution in [0.15, 0.2) is 0 Å². The first-order valence-corrected chi connectivity index (χ1v) is 6.94. The highest BCUT2D eigenvalue weighted by molar-refractivity contribution is 6.23. The maximum absolute atomic E-state index is 12.1. The summed E-state index contributed by atoms with van der Waals surface area (Å²) in [5, 5.41) is 10.8. The Labute approximate surface area is 128 Å². The molecule has 0 aliphatic heterocycles. The second-order valence-corrected chi connectivity index (χ2v) is 6.89. The van der Waals surface area contributed by atoms with E-state index in [0.29, 0.717) is 0 Å². The molecule has 1 aliphatic carbocycles. The minimum Gasteiger partial charge on any atom is -0.468 e. The standard InChI is InChI=1S/C13H20ClNO6/c1-12(2,14)9-6-13(10(16)20-3,11(17)21-4)5-8(9)7-15(18)19/h8-9H,5-7H2,1-4H3. The Morgan fingerprint density at radius 1 is 1.29 bits per heavy atom. The van der Waals surface area contributed by atoms with Crippen LogP contribution in [0.2, 0.25) is 0 Å². The van der Waals surface area contributed by atoms with Gasteiger partial charge in [0.2, 0.25) is 6.54 Å². The quantitative estimate of drug-likeness (QED) is 0.251. The summed E-state index contributed by atoms with van der Waals surface area (Å²) in [4.78, 5) is 33.8. The van der Waals surface area contributed by atoms with Gasteiger partial charge in [-0.1, -0.05) is 0 Å². The van der Waals surface area contributed by atoms with Crippen molar-refractivity contribution in [2.24, 2.45) is 17.3 Å². The van der Waals surface area contributed by atoms with Crippen LogP contribution in [0.5, 0.6) is 0 Å². The van der Waals surface area contributed by atoms with Crippen LogP contribution in [0.1, 0.15) is 26.7 Å². The molecular weight excluding hydrogens is 302 g/mol. The summed E-state index contributed by atoms with van der Waals surface area (Å²) in [7, 11) is 2.35. The van der Waals surface area contributed by atoms with Crippen LogP contribution >= 0.6 is 11.6 Å². The molecule has 0 aromatic heterocycles. The molecule has 0 spiro atoms. The number of esters is 2. The summed E-state index contributed by atoms with van der Waals surface area (Å²) >= 11 is 6.31. The Bertz CT molecular complexity index is 428. The third-order valence-electron chi connectivity index (χ3n) is 4.17. The highest BCUT2D eigenvalue weighted by Crippen LogP contribution is 2.52. The van der Waals surface area contributed by atoms with E-state index in [1.165, 1.54) is 14.2 Å². The number of ether oxygens (including phenoxy) is 2. The van der Waals surface area contributed by atoms with Crippen molar-refractivity contribution in [3.63, 3.8) is 0 Å². The number of carbonyl (C=O) groups is 2. The van der Waals surface area contributed by atoms with Gasteiger partial charge in [-0.25, -0.2) is 0 Å². The van der Waals surface area contributed by atoms with Gasteiger partial charge in [-0.05, 0) is 32.6 Å². The predicted molar refractivity (Wildman–Crippen MR) is 74.5 cm³/mol. The van der Waals surface area contributed by atoms with Crippen molar-refractivity contribution >= 4 is 23.5 Å². The van der Waals surface area contributed by atoms with Crippen LogP contribution in [0.4, 0.5) is 0 Å². The van der Waals surface area contributed by atoms with Gasteiger partial charge in [0.1, 0.15) is 0 Å². The Kier molecular flexibility index (Phi) is 5.20. The molecule has 0 bridgehead atoms. The van der Waals surface area contributed by atoms with E-state index in [1.807, 2.05) is 0 Å². The average Bonchev–Trinajstić information content (AvgIpc) is 2.76. The molecule has 0 N–H and O–H groups in total. The molecule has 1 aliphatic rings. The molecule has 1 saturated carbocycles. The molecule has 1 fully saturated rings. The van der Waals surface area contributed by atoms with Crippen LogP contribution in [0.25, 0.3) is 0 Å². The van der Waals surface area contributed by atoms with E-state index in [9.17, 15) is 19.7 Å². The zero-order valence-electron chi connectivity index (χ0n) is 12.6. The smallest absolute Gasteiger partial charge is 0.323 e. The van der Waals surface area contributed by atoms with E-state index < -0.39 is 33.1 Å². The number of alkyl halides is 1. The second-order valence-electron chi connectivity index (χ2n) is 5.92. The predicted octanol–water partition coefficient (Wildman–Crippen LogP) is 1.64. The fourth-order valence-electron chi connectivity index (χ4n) is 3.21. The molecule has 120 valence electrons. The summed E-state index contributed by atoms with van der Waals surface area (Å²) < 4.78 is 9.44. The molecule has 0 saturated heterocycles. The lowest BCUT2D eigenvalue weighted by Crippen LogP contribution is -2.40. The first kappa shape index (κ1) is 17.7. The summed E-state index contributed by atoms with van der Waals surface area (Å²) in [6.07, 6.45) is 0.0928. The van der Waals surface area contributed by atoms with Crippen molar-refractivity contribution in [2.45, 2.75) is 31.6 Å². The second kappa shape index (κ2) is 6.17. The average molecular weight is 322 g/mol. The zero-order valence-corrected chi connectivity index (χ0v) is 13.3. The molecule has 0 radical (unpaired) electrons. The monoisotopic (exact) mass is 321 g/mol. The number of hydrogen-bond donors (Lipinski definition) is 0. The van der Waals surface area contributed by atoms with Gasteiger partial charge >= 0.3 is 11.9 Å². The van der Waals surface area contributed by atoms with Gasteiger partial charge in [-0.15, -0.1) is 11.6 Å². The fourth-order valence-corrected chi connectivity index (χ4v) is 3.46. The van der Waals surface area contributed by atoms with Crippen LogP contribution in [-0.4, -0.2) is 42.5 Å². The topological polar surface area (TPSA) is 95.7 Å². The molecule has 1 rings (SSSR count). The Balaban J connectivity index is 3.22. The largest absolute Gasteiger partial charge is 0.468 e. The van der Waals surface area contributed by atoms with Crippen molar-refractivity contribution in [3.8, 4) is 0 Å². The Morgan fingerprint density at radius 2 is 1.76 bits per heavy atom. The van der Waals surface area contributed by atoms with E-state index in [2.05, 4.69) is 0 Å². The van der Waals surface area contributed by atoms with Crippen LogP contribution in [0, 0.1) is 27.4 Å². The van der Waals surface area contributed by atoms with Crippen molar-refractivity contribution < 1.29 is 24.0 Å². The molecule has 21 heavy (non-hydrogen) atoms. The lowest BCUT2D eigenvalue weighted by molar-refractivity contribution is -0.489. The minimum absolute atomic E-state index is 0.00808. The molecule has 8 heteroatoms. The third kappa shape index (κ3) is 3.45. The summed E-state index contributed by atoms with van der Waals surface area (Å²) in [6, 6.07) is 0. The number of methoxy groups -OCH3 is 2. The highest BCUT2D eigenvalue weighted by atomic mass is 35.5. The van der Waals surface area contributed by atoms with Gasteiger partial charge < -0.3 is 9.47 Å². The molecule has 2 unspecified atom stereocenters. The van der Waals surface area contributed by atoms with Crippen molar-refractivity contribution in [1.29, 1.82) is 0 Å². The number of carbonyl (C=O) groups excluding carboxylic acids is 2. The maximum Gasteiger partial charge on any atom is 0.323 e. The Hall–Kier alpha value is -1.37. The minimum atomic E-state index is -1.51. The van der Waals surface area contributed by atoms with Gasteiger partial charge in [0.05, 0.1) is 14.2 Å². The SMILES string of the molecule is COC(=O)C1(C(=O)OC)CC(C[N+](=O)[O-])C(C(C)(C)Cl)C1. The van der Waals surface area contributed by atoms with Gasteiger partial charge in [-0.3, -0.25) is 19.7 Å². The van der Waals surface area contributed by atoms with Gasteiger partial charge in [-0.2, -0.15) is 0 Å². The number of hydrogen-bond acceptors (Lipinski definition) is 6. The maximum atomic E-state index is 12.1. The molecule has 7 nitrogen and oxygen atoms in total. The summed E-state index contributed by atoms with van der Waals surface area (Å²) in [5.41, 5.74) is -1.51. The van der Waals surface area contributed by atoms with E-state index in [-0.39, 0.29) is 25.3 Å². The van der Waals surface area contributed by atoms with E-state index >= 15 is 0 Å². The normalized spacial score (nSPS) is 24.4. The fraction of sp³-hybridized carbons (Fsp3) is 0.846. The summed E-state index contributed by atoms with van der Waals surface area (Å²) in [5.74, 6) is -2.33. The van der Waals surface area contributed by atoms with E-state index in [0.717, 1.165) is 0 Å². The molecular formula is C13H20ClNO6. The van der Waals surface area contributed by atoms with Crippen molar-refractivity contribution in [1.82, 2.24) is 0 Å².